The standard InChI is InChI=1S/C14H16O4/c1-15-9-17-13-7-3-6-12-11(13)5-4-8-14(12)18-10-16-2/h3-8H,9-10H2,1-2H3. The van der Waals surface area contributed by atoms with E-state index >= 15 is 0 Å². The molecule has 0 saturated carbocycles. The number of hydrogen-bond donors (Lipinski definition) is 0. The van der Waals surface area contributed by atoms with E-state index in [1.54, 1.807) is 14.2 Å². The Labute approximate surface area is 106 Å². The molecule has 96 valence electrons. The number of hydrogen-bond acceptors (Lipinski definition) is 4. The van der Waals surface area contributed by atoms with E-state index in [9.17, 15) is 0 Å². The zero-order valence-corrected chi connectivity index (χ0v) is 10.5. The Morgan fingerprint density at radius 2 is 1.17 bits per heavy atom. The molecule has 0 radical (unpaired) electrons. The van der Waals surface area contributed by atoms with Gasteiger partial charge in [-0.25, -0.2) is 0 Å². The van der Waals surface area contributed by atoms with Crippen LogP contribution in [0.15, 0.2) is 36.4 Å². The van der Waals surface area contributed by atoms with E-state index in [0.29, 0.717) is 0 Å². The summed E-state index contributed by atoms with van der Waals surface area (Å²) in [5.41, 5.74) is 0. The third-order valence-corrected chi connectivity index (χ3v) is 2.51. The molecule has 0 aliphatic heterocycles. The maximum Gasteiger partial charge on any atom is 0.188 e. The Hall–Kier alpha value is -1.78. The van der Waals surface area contributed by atoms with Crippen molar-refractivity contribution in [1.82, 2.24) is 0 Å². The van der Waals surface area contributed by atoms with Gasteiger partial charge in [-0.3, -0.25) is 0 Å². The van der Waals surface area contributed by atoms with E-state index in [-0.39, 0.29) is 13.6 Å². The Kier molecular flexibility index (Phi) is 4.39. The molecule has 18 heavy (non-hydrogen) atoms. The molecule has 0 spiro atoms. The quantitative estimate of drug-likeness (QED) is 0.737. The molecule has 0 saturated heterocycles. The first kappa shape index (κ1) is 12.7. The number of methoxy groups -OCH3 is 2. The molecule has 0 N–H and O–H groups in total. The molecule has 2 aromatic rings. The van der Waals surface area contributed by atoms with E-state index in [1.165, 1.54) is 0 Å². The van der Waals surface area contributed by atoms with Gasteiger partial charge in [0.05, 0.1) is 0 Å². The summed E-state index contributed by atoms with van der Waals surface area (Å²) in [7, 11) is 3.19. The molecule has 0 aromatic heterocycles. The first-order chi connectivity index (χ1) is 8.86. The lowest BCUT2D eigenvalue weighted by atomic mass is 10.1. The van der Waals surface area contributed by atoms with E-state index in [1.807, 2.05) is 36.4 Å². The van der Waals surface area contributed by atoms with Crippen LogP contribution in [0.3, 0.4) is 0 Å². The van der Waals surface area contributed by atoms with Gasteiger partial charge in [0.1, 0.15) is 11.5 Å². The Morgan fingerprint density at radius 1 is 0.722 bits per heavy atom. The second-order valence-electron chi connectivity index (χ2n) is 3.71. The highest BCUT2D eigenvalue weighted by atomic mass is 16.7. The molecule has 0 unspecified atom stereocenters. The molecule has 0 heterocycles. The number of ether oxygens (including phenoxy) is 4. The predicted octanol–water partition coefficient (Wildman–Crippen LogP) is 2.81. The van der Waals surface area contributed by atoms with Gasteiger partial charge >= 0.3 is 0 Å². The van der Waals surface area contributed by atoms with Crippen molar-refractivity contribution in [2.75, 3.05) is 27.8 Å². The van der Waals surface area contributed by atoms with Crippen molar-refractivity contribution in [2.24, 2.45) is 0 Å². The van der Waals surface area contributed by atoms with Crippen molar-refractivity contribution in [2.45, 2.75) is 0 Å². The van der Waals surface area contributed by atoms with Crippen LogP contribution < -0.4 is 9.47 Å². The molecular weight excluding hydrogens is 232 g/mol. The average Bonchev–Trinajstić information content (AvgIpc) is 2.42. The zero-order valence-electron chi connectivity index (χ0n) is 10.5. The van der Waals surface area contributed by atoms with E-state index in [4.69, 9.17) is 18.9 Å². The van der Waals surface area contributed by atoms with Gasteiger partial charge in [0.15, 0.2) is 13.6 Å². The lowest BCUT2D eigenvalue weighted by Crippen LogP contribution is -2.01. The molecule has 2 rings (SSSR count). The molecule has 0 aliphatic carbocycles. The van der Waals surface area contributed by atoms with Crippen LogP contribution >= 0.6 is 0 Å². The van der Waals surface area contributed by atoms with Gasteiger partial charge < -0.3 is 18.9 Å². The Morgan fingerprint density at radius 3 is 1.56 bits per heavy atom. The topological polar surface area (TPSA) is 36.9 Å². The predicted molar refractivity (Wildman–Crippen MR) is 69.0 cm³/mol. The second kappa shape index (κ2) is 6.23. The summed E-state index contributed by atoms with van der Waals surface area (Å²) in [6, 6.07) is 11.6. The first-order valence-electron chi connectivity index (χ1n) is 5.62. The van der Waals surface area contributed by atoms with Gasteiger partial charge in [-0.2, -0.15) is 0 Å². The second-order valence-corrected chi connectivity index (χ2v) is 3.71. The molecule has 0 fully saturated rings. The van der Waals surface area contributed by atoms with Crippen molar-refractivity contribution in [1.29, 1.82) is 0 Å². The first-order valence-corrected chi connectivity index (χ1v) is 5.62. The monoisotopic (exact) mass is 248 g/mol. The largest absolute Gasteiger partial charge is 0.467 e. The minimum absolute atomic E-state index is 0.224. The highest BCUT2D eigenvalue weighted by Crippen LogP contribution is 2.32. The highest BCUT2D eigenvalue weighted by molar-refractivity contribution is 5.93. The lowest BCUT2D eigenvalue weighted by Gasteiger charge is -2.11. The van der Waals surface area contributed by atoms with E-state index in [0.717, 1.165) is 22.3 Å². The smallest absolute Gasteiger partial charge is 0.188 e. The van der Waals surface area contributed by atoms with Crippen LogP contribution in [0.25, 0.3) is 10.8 Å². The Balaban J connectivity index is 2.37. The van der Waals surface area contributed by atoms with Gasteiger partial charge in [0.2, 0.25) is 0 Å². The van der Waals surface area contributed by atoms with Crippen molar-refractivity contribution in [3.8, 4) is 11.5 Å². The van der Waals surface area contributed by atoms with Gasteiger partial charge in [0, 0.05) is 25.0 Å². The van der Waals surface area contributed by atoms with Crippen LogP contribution in [0, 0.1) is 0 Å². The molecule has 4 nitrogen and oxygen atoms in total. The normalized spacial score (nSPS) is 10.6. The van der Waals surface area contributed by atoms with Crippen LogP contribution in [0.4, 0.5) is 0 Å². The van der Waals surface area contributed by atoms with Gasteiger partial charge in [0.25, 0.3) is 0 Å². The van der Waals surface area contributed by atoms with Crippen LogP contribution in [-0.2, 0) is 9.47 Å². The summed E-state index contributed by atoms with van der Waals surface area (Å²) in [5.74, 6) is 1.55. The minimum Gasteiger partial charge on any atom is -0.467 e. The molecule has 0 bridgehead atoms. The SMILES string of the molecule is COCOc1cccc2c(OCOC)cccc12. The van der Waals surface area contributed by atoms with E-state index in [2.05, 4.69) is 0 Å². The molecular formula is C14H16O4. The van der Waals surface area contributed by atoms with Crippen LogP contribution in [0.1, 0.15) is 0 Å². The highest BCUT2D eigenvalue weighted by Gasteiger charge is 2.06. The fourth-order valence-corrected chi connectivity index (χ4v) is 1.75. The van der Waals surface area contributed by atoms with Crippen molar-refractivity contribution >= 4 is 10.8 Å². The van der Waals surface area contributed by atoms with E-state index < -0.39 is 0 Å². The molecule has 2 aromatic carbocycles. The molecule has 0 aliphatic rings. The number of rotatable bonds is 6. The van der Waals surface area contributed by atoms with Crippen LogP contribution in [-0.4, -0.2) is 27.8 Å². The van der Waals surface area contributed by atoms with Crippen LogP contribution in [0.2, 0.25) is 0 Å². The lowest BCUT2D eigenvalue weighted by molar-refractivity contribution is 0.0511. The number of benzene rings is 2. The zero-order chi connectivity index (χ0) is 12.8. The summed E-state index contributed by atoms with van der Waals surface area (Å²) in [4.78, 5) is 0. The fourth-order valence-electron chi connectivity index (χ4n) is 1.75. The molecule has 0 amide bonds. The van der Waals surface area contributed by atoms with Crippen molar-refractivity contribution < 1.29 is 18.9 Å². The van der Waals surface area contributed by atoms with Gasteiger partial charge in [-0.1, -0.05) is 24.3 Å². The summed E-state index contributed by atoms with van der Waals surface area (Å²) < 4.78 is 20.9. The minimum atomic E-state index is 0.224. The molecule has 4 heteroatoms. The third kappa shape index (κ3) is 2.72. The average molecular weight is 248 g/mol. The third-order valence-electron chi connectivity index (χ3n) is 2.51. The van der Waals surface area contributed by atoms with Crippen molar-refractivity contribution in [3.05, 3.63) is 36.4 Å². The summed E-state index contributed by atoms with van der Waals surface area (Å²) in [6.07, 6.45) is 0. The summed E-state index contributed by atoms with van der Waals surface area (Å²) >= 11 is 0. The maximum atomic E-state index is 5.52. The maximum absolute atomic E-state index is 5.52. The van der Waals surface area contributed by atoms with Crippen molar-refractivity contribution in [3.63, 3.8) is 0 Å². The van der Waals surface area contributed by atoms with Crippen LogP contribution in [0.5, 0.6) is 11.5 Å². The molecule has 0 atom stereocenters. The Bertz CT molecular complexity index is 463. The summed E-state index contributed by atoms with van der Waals surface area (Å²) in [5, 5.41) is 1.98. The fraction of sp³-hybridized carbons (Fsp3) is 0.286. The van der Waals surface area contributed by atoms with Gasteiger partial charge in [-0.15, -0.1) is 0 Å². The summed E-state index contributed by atoms with van der Waals surface area (Å²) in [6.45, 7) is 0.449. The number of fused-ring (bicyclic) bond motifs is 1. The van der Waals surface area contributed by atoms with Gasteiger partial charge in [-0.05, 0) is 12.1 Å².